The van der Waals surface area contributed by atoms with Gasteiger partial charge in [0.15, 0.2) is 0 Å². The number of rotatable bonds is 0. The van der Waals surface area contributed by atoms with Gasteiger partial charge in [-0.1, -0.05) is 13.8 Å². The maximum absolute atomic E-state index is 11.7. The molecule has 0 aliphatic heterocycles. The minimum absolute atomic E-state index is 0.410. The molecule has 12 heavy (non-hydrogen) atoms. The topological polar surface area (TPSA) is 28.7 Å². The third-order valence-electron chi connectivity index (χ3n) is 0.971. The van der Waals surface area contributed by atoms with E-state index in [2.05, 4.69) is 9.97 Å². The highest BCUT2D eigenvalue weighted by molar-refractivity contribution is 5.00. The molecule has 0 spiro atoms. The first kappa shape index (κ1) is 11.0. The van der Waals surface area contributed by atoms with Crippen LogP contribution in [0.15, 0.2) is 6.20 Å². The van der Waals surface area contributed by atoms with E-state index in [9.17, 15) is 13.2 Å². The molecule has 0 aliphatic carbocycles. The van der Waals surface area contributed by atoms with Gasteiger partial charge in [-0.3, -0.25) is 0 Å². The molecule has 5 heteroatoms. The molecule has 0 aromatic carbocycles. The third-order valence-corrected chi connectivity index (χ3v) is 0.971. The van der Waals surface area contributed by atoms with Crippen molar-refractivity contribution in [1.82, 2.24) is 9.97 Å². The summed E-state index contributed by atoms with van der Waals surface area (Å²) in [5.41, 5.74) is 0.410. The molecule has 70 valence electrons. The van der Waals surface area contributed by atoms with Crippen molar-refractivity contribution in [1.29, 1.82) is 0 Å². The number of alkyl halides is 3. The zero-order chi connectivity index (χ0) is 9.78. The van der Waals surface area contributed by atoms with E-state index >= 15 is 0 Å². The maximum atomic E-state index is 11.7. The summed E-state index contributed by atoms with van der Waals surface area (Å²) in [6.07, 6.45) is -3.21. The highest BCUT2D eigenvalue weighted by atomic mass is 19.4. The number of nitrogens with one attached hydrogen (secondary N) is 1. The second-order valence-electron chi connectivity index (χ2n) is 1.91. The largest absolute Gasteiger partial charge is 0.449 e. The Kier molecular flexibility index (Phi) is 3.79. The van der Waals surface area contributed by atoms with Crippen LogP contribution in [0.1, 0.15) is 25.4 Å². The fourth-order valence-corrected chi connectivity index (χ4v) is 0.557. The minimum atomic E-state index is -4.35. The lowest BCUT2D eigenvalue weighted by Crippen LogP contribution is -2.06. The molecule has 0 bridgehead atoms. The van der Waals surface area contributed by atoms with Gasteiger partial charge in [-0.2, -0.15) is 13.2 Å². The molecule has 0 radical (unpaired) electrons. The SMILES string of the molecule is CC.Cc1cnc(C(F)(F)F)[nH]1. The third kappa shape index (κ3) is 2.94. The Morgan fingerprint density at radius 2 is 1.83 bits per heavy atom. The summed E-state index contributed by atoms with van der Waals surface area (Å²) in [7, 11) is 0. The Morgan fingerprint density at radius 1 is 1.33 bits per heavy atom. The van der Waals surface area contributed by atoms with Gasteiger partial charge in [0, 0.05) is 11.9 Å². The minimum Gasteiger partial charge on any atom is -0.339 e. The second kappa shape index (κ2) is 4.13. The van der Waals surface area contributed by atoms with E-state index in [1.165, 1.54) is 6.92 Å². The lowest BCUT2D eigenvalue weighted by molar-refractivity contribution is -0.144. The quantitative estimate of drug-likeness (QED) is 0.653. The van der Waals surface area contributed by atoms with E-state index in [0.717, 1.165) is 6.20 Å². The first-order valence-electron chi connectivity index (χ1n) is 3.59. The van der Waals surface area contributed by atoms with Crippen molar-refractivity contribution in [2.45, 2.75) is 26.9 Å². The van der Waals surface area contributed by atoms with Gasteiger partial charge in [0.25, 0.3) is 0 Å². The zero-order valence-electron chi connectivity index (χ0n) is 7.16. The van der Waals surface area contributed by atoms with Crippen LogP contribution in [0, 0.1) is 6.92 Å². The second-order valence-corrected chi connectivity index (χ2v) is 1.91. The standard InChI is InChI=1S/C5H5F3N2.C2H6/c1-3-2-9-4(10-3)5(6,7)8;1-2/h2H,1H3,(H,9,10);1-2H3. The molecule has 1 rings (SSSR count). The molecule has 0 saturated heterocycles. The van der Waals surface area contributed by atoms with E-state index < -0.39 is 12.0 Å². The number of hydrogen-bond acceptors (Lipinski definition) is 1. The maximum Gasteiger partial charge on any atom is 0.449 e. The highest BCUT2D eigenvalue weighted by Gasteiger charge is 2.33. The van der Waals surface area contributed by atoms with Crippen LogP contribution in [-0.4, -0.2) is 9.97 Å². The molecule has 0 fully saturated rings. The summed E-state index contributed by atoms with van der Waals surface area (Å²) < 4.78 is 35.1. The fraction of sp³-hybridized carbons (Fsp3) is 0.571. The van der Waals surface area contributed by atoms with E-state index in [-0.39, 0.29) is 0 Å². The van der Waals surface area contributed by atoms with E-state index in [0.29, 0.717) is 5.69 Å². The number of aromatic nitrogens is 2. The summed E-state index contributed by atoms with van der Waals surface area (Å²) in [5.74, 6) is -0.940. The van der Waals surface area contributed by atoms with Crippen molar-refractivity contribution in [2.24, 2.45) is 0 Å². The molecule has 0 aliphatic rings. The van der Waals surface area contributed by atoms with Crippen molar-refractivity contribution >= 4 is 0 Å². The van der Waals surface area contributed by atoms with Gasteiger partial charge in [-0.05, 0) is 6.92 Å². The van der Waals surface area contributed by atoms with Crippen LogP contribution in [0.25, 0.3) is 0 Å². The first-order chi connectivity index (χ1) is 5.50. The van der Waals surface area contributed by atoms with Crippen LogP contribution in [0.3, 0.4) is 0 Å². The molecule has 1 heterocycles. The Labute approximate surface area is 68.8 Å². The van der Waals surface area contributed by atoms with Gasteiger partial charge in [-0.25, -0.2) is 4.98 Å². The van der Waals surface area contributed by atoms with Crippen molar-refractivity contribution in [2.75, 3.05) is 0 Å². The smallest absolute Gasteiger partial charge is 0.339 e. The van der Waals surface area contributed by atoms with Gasteiger partial charge >= 0.3 is 6.18 Å². The van der Waals surface area contributed by atoms with Crippen LogP contribution in [0.4, 0.5) is 13.2 Å². The normalized spacial score (nSPS) is 10.5. The lowest BCUT2D eigenvalue weighted by Gasteiger charge is -1.99. The zero-order valence-corrected chi connectivity index (χ0v) is 7.16. The number of imidazole rings is 1. The van der Waals surface area contributed by atoms with Gasteiger partial charge in [-0.15, -0.1) is 0 Å². The predicted molar refractivity (Wildman–Crippen MR) is 39.7 cm³/mol. The molecule has 1 aromatic rings. The molecule has 2 nitrogen and oxygen atoms in total. The van der Waals surface area contributed by atoms with Crippen LogP contribution >= 0.6 is 0 Å². The molecule has 0 amide bonds. The Hall–Kier alpha value is -1.00. The van der Waals surface area contributed by atoms with Crippen LogP contribution in [0.2, 0.25) is 0 Å². The lowest BCUT2D eigenvalue weighted by atomic mass is 10.6. The Morgan fingerprint density at radius 3 is 2.00 bits per heavy atom. The highest BCUT2D eigenvalue weighted by Crippen LogP contribution is 2.25. The summed E-state index contributed by atoms with van der Waals surface area (Å²) >= 11 is 0. The van der Waals surface area contributed by atoms with Crippen molar-refractivity contribution in [3.05, 3.63) is 17.7 Å². The average Bonchev–Trinajstić information content (AvgIpc) is 2.39. The van der Waals surface area contributed by atoms with Crippen molar-refractivity contribution in [3.63, 3.8) is 0 Å². The van der Waals surface area contributed by atoms with Gasteiger partial charge in [0.2, 0.25) is 5.82 Å². The average molecular weight is 180 g/mol. The summed E-state index contributed by atoms with van der Waals surface area (Å²) in [4.78, 5) is 5.19. The number of hydrogen-bond donors (Lipinski definition) is 1. The number of nitrogens with zero attached hydrogens (tertiary/aromatic N) is 1. The summed E-state index contributed by atoms with van der Waals surface area (Å²) in [6, 6.07) is 0. The number of H-pyrrole nitrogens is 1. The Bertz CT molecular complexity index is 227. The van der Waals surface area contributed by atoms with Crippen molar-refractivity contribution < 1.29 is 13.2 Å². The van der Waals surface area contributed by atoms with E-state index in [4.69, 9.17) is 0 Å². The molecular weight excluding hydrogens is 169 g/mol. The van der Waals surface area contributed by atoms with E-state index in [1.54, 1.807) is 0 Å². The van der Waals surface area contributed by atoms with E-state index in [1.807, 2.05) is 13.8 Å². The van der Waals surface area contributed by atoms with Crippen LogP contribution < -0.4 is 0 Å². The van der Waals surface area contributed by atoms with Gasteiger partial charge in [0.1, 0.15) is 0 Å². The summed E-state index contributed by atoms with van der Waals surface area (Å²) in [5, 5.41) is 0. The Balaban J connectivity index is 0.000000561. The molecular formula is C7H11F3N2. The van der Waals surface area contributed by atoms with Crippen molar-refractivity contribution in [3.8, 4) is 0 Å². The molecule has 0 unspecified atom stereocenters. The van der Waals surface area contributed by atoms with Crippen LogP contribution in [-0.2, 0) is 6.18 Å². The molecule has 1 N–H and O–H groups in total. The van der Waals surface area contributed by atoms with Gasteiger partial charge < -0.3 is 4.98 Å². The first-order valence-corrected chi connectivity index (χ1v) is 3.59. The molecule has 0 saturated carbocycles. The van der Waals surface area contributed by atoms with Gasteiger partial charge in [0.05, 0.1) is 0 Å². The molecule has 0 atom stereocenters. The number of aryl methyl sites for hydroxylation is 1. The number of halogens is 3. The number of aromatic amines is 1. The van der Waals surface area contributed by atoms with Crippen LogP contribution in [0.5, 0.6) is 0 Å². The molecule has 1 aromatic heterocycles. The predicted octanol–water partition coefficient (Wildman–Crippen LogP) is 2.76. The monoisotopic (exact) mass is 180 g/mol. The fourth-order valence-electron chi connectivity index (χ4n) is 0.557. The summed E-state index contributed by atoms with van der Waals surface area (Å²) in [6.45, 7) is 5.52.